The maximum Gasteiger partial charge on any atom is 0.466 e. The fourth-order valence-electron chi connectivity index (χ4n) is 1.38. The van der Waals surface area contributed by atoms with Crippen LogP contribution in [0.15, 0.2) is 12.5 Å². The summed E-state index contributed by atoms with van der Waals surface area (Å²) in [5, 5.41) is 18.7. The summed E-state index contributed by atoms with van der Waals surface area (Å²) in [7, 11) is -9.20. The van der Waals surface area contributed by atoms with Gasteiger partial charge in [0.2, 0.25) is 0 Å². The van der Waals surface area contributed by atoms with E-state index in [1.54, 1.807) is 16.8 Å². The molecule has 29 heavy (non-hydrogen) atoms. The average Bonchev–Trinajstić information content (AvgIpc) is 3.02. The Morgan fingerprint density at radius 2 is 1.72 bits per heavy atom. The van der Waals surface area contributed by atoms with E-state index in [9.17, 15) is 14.2 Å². The summed E-state index contributed by atoms with van der Waals surface area (Å²) >= 11 is 1.60. The van der Waals surface area contributed by atoms with E-state index in [0.717, 1.165) is 5.75 Å². The first kappa shape index (κ1) is 29.9. The third-order valence-corrected chi connectivity index (χ3v) is 3.84. The number of aromatic amines is 1. The average molecular weight is 482 g/mol. The Balaban J connectivity index is 0. The number of hydrogen-bond acceptors (Lipinski definition) is 7. The monoisotopic (exact) mass is 482 g/mol. The summed E-state index contributed by atoms with van der Waals surface area (Å²) < 4.78 is 19.5. The lowest BCUT2D eigenvalue weighted by Gasteiger charge is -2.13. The molecule has 15 nitrogen and oxygen atoms in total. The highest BCUT2D eigenvalue weighted by atomic mass is 32.2. The molecule has 0 unspecified atom stereocenters. The Bertz CT molecular complexity index is 685. The summed E-state index contributed by atoms with van der Waals surface area (Å²) in [6, 6.07) is -2.04. The van der Waals surface area contributed by atoms with Gasteiger partial charge >= 0.3 is 27.5 Å². The van der Waals surface area contributed by atoms with E-state index < -0.39 is 39.6 Å². The second-order valence-corrected chi connectivity index (χ2v) is 8.44. The van der Waals surface area contributed by atoms with E-state index in [4.69, 9.17) is 45.0 Å². The van der Waals surface area contributed by atoms with E-state index in [1.807, 2.05) is 6.26 Å². The maximum absolute atomic E-state index is 10.7. The molecule has 170 valence electrons. The molecule has 0 aliphatic heterocycles. The number of thioether (sulfide) groups is 1. The number of carboxylic acids is 2. The molecular formula is C11H24N4O11P2S. The number of nitrogens with one attached hydrogen (secondary N) is 2. The molecule has 1 aromatic rings. The van der Waals surface area contributed by atoms with Crippen LogP contribution in [-0.4, -0.2) is 80.7 Å². The van der Waals surface area contributed by atoms with Gasteiger partial charge in [0, 0.05) is 18.3 Å². The Morgan fingerprint density at radius 3 is 2.03 bits per heavy atom. The number of nitrogens with zero attached hydrogens (tertiary/aromatic N) is 1. The number of H-pyrrole nitrogens is 1. The van der Waals surface area contributed by atoms with Crippen LogP contribution in [0.4, 0.5) is 0 Å². The van der Waals surface area contributed by atoms with Crippen molar-refractivity contribution < 1.29 is 53.4 Å². The lowest BCUT2D eigenvalue weighted by Crippen LogP contribution is -2.36. The number of phosphoric acid groups is 1. The van der Waals surface area contributed by atoms with Crippen molar-refractivity contribution in [1.82, 2.24) is 15.1 Å². The van der Waals surface area contributed by atoms with E-state index >= 15 is 0 Å². The molecule has 1 rings (SSSR count). The van der Waals surface area contributed by atoms with Gasteiger partial charge in [0.25, 0.3) is 0 Å². The fraction of sp³-hybridized carbons (Fsp3) is 0.545. The number of imidazole rings is 1. The first-order valence-electron chi connectivity index (χ1n) is 7.35. The molecule has 0 fully saturated rings. The molecular weight excluding hydrogens is 458 g/mol. The van der Waals surface area contributed by atoms with Gasteiger partial charge in [-0.05, 0) is 18.4 Å². The Morgan fingerprint density at radius 1 is 1.21 bits per heavy atom. The predicted molar refractivity (Wildman–Crippen MR) is 102 cm³/mol. The van der Waals surface area contributed by atoms with Crippen LogP contribution in [-0.2, 0) is 25.1 Å². The van der Waals surface area contributed by atoms with Crippen molar-refractivity contribution in [3.63, 3.8) is 0 Å². The zero-order chi connectivity index (χ0) is 23.3. The normalized spacial score (nSPS) is 13.2. The van der Waals surface area contributed by atoms with Gasteiger partial charge in [-0.2, -0.15) is 11.8 Å². The summed E-state index contributed by atoms with van der Waals surface area (Å²) in [4.78, 5) is 65.8. The second kappa shape index (κ2) is 14.6. The summed E-state index contributed by atoms with van der Waals surface area (Å²) in [5.41, 5.74) is 5.67. The largest absolute Gasteiger partial charge is 0.480 e. The van der Waals surface area contributed by atoms with Crippen molar-refractivity contribution >= 4 is 39.3 Å². The number of rotatable bonds is 9. The molecule has 0 amide bonds. The minimum atomic E-state index is -4.64. The molecule has 0 saturated carbocycles. The van der Waals surface area contributed by atoms with Gasteiger partial charge < -0.3 is 45.4 Å². The predicted octanol–water partition coefficient (Wildman–Crippen LogP) is -1.69. The van der Waals surface area contributed by atoms with Crippen molar-refractivity contribution in [3.8, 4) is 0 Å². The molecule has 0 aliphatic rings. The minimum Gasteiger partial charge on any atom is -0.480 e. The third-order valence-electron chi connectivity index (χ3n) is 2.55. The molecule has 18 heteroatoms. The second-order valence-electron chi connectivity index (χ2n) is 5.08. The summed E-state index contributed by atoms with van der Waals surface area (Å²) in [5.74, 6) is -1.44. The van der Waals surface area contributed by atoms with Gasteiger partial charge in [-0.15, -0.1) is 0 Å². The van der Waals surface area contributed by atoms with E-state index in [1.165, 1.54) is 12.5 Å². The molecule has 0 saturated heterocycles. The first-order chi connectivity index (χ1) is 13.1. The van der Waals surface area contributed by atoms with Gasteiger partial charge in [-0.1, -0.05) is 0 Å². The zero-order valence-corrected chi connectivity index (χ0v) is 17.6. The number of aliphatic carboxylic acids is 2. The van der Waals surface area contributed by atoms with Crippen molar-refractivity contribution in [1.29, 1.82) is 0 Å². The topological polar surface area (TPSA) is 277 Å². The quantitative estimate of drug-likeness (QED) is 0.176. The molecule has 0 bridgehead atoms. The van der Waals surface area contributed by atoms with Gasteiger partial charge in [-0.25, -0.2) is 19.2 Å². The minimum absolute atomic E-state index is 0.0829. The van der Waals surface area contributed by atoms with Crippen LogP contribution < -0.4 is 10.8 Å². The van der Waals surface area contributed by atoms with Gasteiger partial charge in [0.05, 0.1) is 6.33 Å². The van der Waals surface area contributed by atoms with E-state index in [0.29, 0.717) is 12.1 Å². The molecule has 1 aromatic heterocycles. The molecule has 0 radical (unpaired) electrons. The van der Waals surface area contributed by atoms with Crippen LogP contribution in [0.2, 0.25) is 0 Å². The molecule has 0 spiro atoms. The molecule has 0 aliphatic carbocycles. The summed E-state index contributed by atoms with van der Waals surface area (Å²) in [6.07, 6.45) is 5.13. The van der Waals surface area contributed by atoms with Crippen molar-refractivity contribution in [2.45, 2.75) is 24.9 Å². The highest BCUT2D eigenvalue weighted by Crippen LogP contribution is 2.29. The smallest absolute Gasteiger partial charge is 0.466 e. The van der Waals surface area contributed by atoms with E-state index in [2.05, 4.69) is 9.97 Å². The fourth-order valence-corrected chi connectivity index (χ4v) is 2.47. The Hall–Kier alpha value is -1.32. The Kier molecular flexibility index (Phi) is 15.1. The SMILES string of the molecule is CSCC[C@H](N)C(=O)O.O=C(O)[C@H](Cc1cnc[nH]1)NP(=O)(O)O.O=P(O)(O)O. The highest BCUT2D eigenvalue weighted by Gasteiger charge is 2.26. The lowest BCUT2D eigenvalue weighted by atomic mass is 10.2. The molecule has 0 aromatic carbocycles. The Labute approximate surface area is 169 Å². The third kappa shape index (κ3) is 22.8. The van der Waals surface area contributed by atoms with Crippen LogP contribution in [0.5, 0.6) is 0 Å². The first-order valence-corrected chi connectivity index (χ1v) is 11.9. The number of carboxylic acid groups (broad SMARTS) is 2. The standard InChI is InChI=1S/C6H10N3O5P.C5H11NO2S.H3O4P/c10-6(11)5(9-15(12,13)14)1-4-2-7-3-8-4;1-9-3-2-4(6)5(7)8;1-5(2,3)4/h2-3,5H,1H2,(H,7,8)(H,10,11)(H3,9,12,13,14);4H,2-3,6H2,1H3,(H,7,8);(H3,1,2,3,4)/t5-;4-;/m00./s1. The molecule has 2 atom stereocenters. The van der Waals surface area contributed by atoms with Crippen LogP contribution in [0.1, 0.15) is 12.1 Å². The van der Waals surface area contributed by atoms with Gasteiger partial charge in [-0.3, -0.25) is 9.59 Å². The molecule has 1 heterocycles. The van der Waals surface area contributed by atoms with E-state index in [-0.39, 0.29) is 6.42 Å². The van der Waals surface area contributed by atoms with Crippen LogP contribution in [0.3, 0.4) is 0 Å². The van der Waals surface area contributed by atoms with Crippen molar-refractivity contribution in [2.75, 3.05) is 12.0 Å². The lowest BCUT2D eigenvalue weighted by molar-refractivity contribution is -0.139. The maximum atomic E-state index is 10.7. The highest BCUT2D eigenvalue weighted by molar-refractivity contribution is 7.98. The number of carbonyl (C=O) groups is 2. The van der Waals surface area contributed by atoms with Crippen molar-refractivity contribution in [3.05, 3.63) is 18.2 Å². The zero-order valence-electron chi connectivity index (χ0n) is 15.0. The van der Waals surface area contributed by atoms with Gasteiger partial charge in [0.1, 0.15) is 12.1 Å². The number of nitrogens with two attached hydrogens (primary N) is 1. The van der Waals surface area contributed by atoms with Crippen LogP contribution >= 0.6 is 27.3 Å². The van der Waals surface area contributed by atoms with Crippen LogP contribution in [0, 0.1) is 0 Å². The van der Waals surface area contributed by atoms with Gasteiger partial charge in [0.15, 0.2) is 0 Å². The summed E-state index contributed by atoms with van der Waals surface area (Å²) in [6.45, 7) is 0. The van der Waals surface area contributed by atoms with Crippen LogP contribution in [0.25, 0.3) is 0 Å². The number of aromatic nitrogens is 2. The molecule has 11 N–H and O–H groups in total. The van der Waals surface area contributed by atoms with Crippen molar-refractivity contribution in [2.24, 2.45) is 5.73 Å². The number of hydrogen-bond donors (Lipinski definition) is 10.